The Labute approximate surface area is 140 Å². The van der Waals surface area contributed by atoms with Crippen LogP contribution >= 0.6 is 34.5 Å². The van der Waals surface area contributed by atoms with Crippen molar-refractivity contribution in [2.45, 2.75) is 20.4 Å². The summed E-state index contributed by atoms with van der Waals surface area (Å²) in [6.45, 7) is 4.40. The fraction of sp³-hybridized carbons (Fsp3) is 0.214. The molecule has 0 aliphatic carbocycles. The highest BCUT2D eigenvalue weighted by molar-refractivity contribution is 7.23. The number of aryl methyl sites for hydroxylation is 2. The predicted octanol–water partition coefficient (Wildman–Crippen LogP) is 4.38. The zero-order valence-corrected chi connectivity index (χ0v) is 14.2. The van der Waals surface area contributed by atoms with E-state index >= 15 is 0 Å². The fourth-order valence-electron chi connectivity index (χ4n) is 2.13. The second kappa shape index (κ2) is 5.87. The molecule has 22 heavy (non-hydrogen) atoms. The van der Waals surface area contributed by atoms with Gasteiger partial charge in [-0.25, -0.2) is 4.98 Å². The number of thiazole rings is 1. The third kappa shape index (κ3) is 2.69. The first kappa shape index (κ1) is 15.3. The van der Waals surface area contributed by atoms with Crippen LogP contribution in [0.4, 0.5) is 5.13 Å². The number of nitrogens with zero attached hydrogens (tertiary/aromatic N) is 3. The van der Waals surface area contributed by atoms with Gasteiger partial charge in [-0.3, -0.25) is 14.8 Å². The van der Waals surface area contributed by atoms with Crippen LogP contribution in [0.25, 0.3) is 10.2 Å². The van der Waals surface area contributed by atoms with Crippen molar-refractivity contribution in [1.29, 1.82) is 0 Å². The molecule has 2 aromatic heterocycles. The van der Waals surface area contributed by atoms with Crippen LogP contribution in [0.2, 0.25) is 10.0 Å². The lowest BCUT2D eigenvalue weighted by Gasteiger charge is -2.03. The van der Waals surface area contributed by atoms with E-state index in [4.69, 9.17) is 23.2 Å². The van der Waals surface area contributed by atoms with Gasteiger partial charge in [0.25, 0.3) is 5.91 Å². The number of halogens is 2. The molecule has 0 atom stereocenters. The summed E-state index contributed by atoms with van der Waals surface area (Å²) in [5.41, 5.74) is 1.88. The first-order valence-electron chi connectivity index (χ1n) is 6.60. The molecule has 1 aromatic carbocycles. The van der Waals surface area contributed by atoms with Crippen LogP contribution < -0.4 is 5.32 Å². The molecule has 0 spiro atoms. The number of anilines is 1. The number of hydrogen-bond acceptors (Lipinski definition) is 4. The van der Waals surface area contributed by atoms with Gasteiger partial charge in [-0.2, -0.15) is 5.10 Å². The van der Waals surface area contributed by atoms with E-state index in [0.29, 0.717) is 32.9 Å². The first-order chi connectivity index (χ1) is 10.5. The monoisotopic (exact) mass is 354 g/mol. The SMILES string of the molecule is CCn1nc(C)cc1C(=O)Nc1nc2c(Cl)ccc(Cl)c2s1. The van der Waals surface area contributed by atoms with Gasteiger partial charge >= 0.3 is 0 Å². The van der Waals surface area contributed by atoms with Gasteiger partial charge in [0.15, 0.2) is 5.13 Å². The lowest BCUT2D eigenvalue weighted by Crippen LogP contribution is -2.17. The smallest absolute Gasteiger partial charge is 0.275 e. The molecule has 0 radical (unpaired) electrons. The predicted molar refractivity (Wildman–Crippen MR) is 90.2 cm³/mol. The molecule has 114 valence electrons. The third-order valence-corrected chi connectivity index (χ3v) is 4.84. The second-order valence-electron chi connectivity index (χ2n) is 4.67. The number of amides is 1. The van der Waals surface area contributed by atoms with Crippen LogP contribution in [0.1, 0.15) is 23.1 Å². The highest BCUT2D eigenvalue weighted by atomic mass is 35.5. The molecule has 0 fully saturated rings. The summed E-state index contributed by atoms with van der Waals surface area (Å²) in [6.07, 6.45) is 0. The van der Waals surface area contributed by atoms with Gasteiger partial charge in [-0.15, -0.1) is 0 Å². The van der Waals surface area contributed by atoms with Crippen molar-refractivity contribution in [3.05, 3.63) is 39.6 Å². The van der Waals surface area contributed by atoms with Gasteiger partial charge in [0.2, 0.25) is 0 Å². The standard InChI is InChI=1S/C14H12Cl2N4OS/c1-3-20-10(6-7(2)19-20)13(21)18-14-17-11-8(15)4-5-9(16)12(11)22-14/h4-6H,3H2,1-2H3,(H,17,18,21). The molecule has 0 bridgehead atoms. The molecule has 0 saturated carbocycles. The molecule has 3 aromatic rings. The summed E-state index contributed by atoms with van der Waals surface area (Å²) in [6, 6.07) is 5.14. The number of hydrogen-bond donors (Lipinski definition) is 1. The van der Waals surface area contributed by atoms with Gasteiger partial charge in [-0.05, 0) is 32.0 Å². The van der Waals surface area contributed by atoms with Crippen molar-refractivity contribution < 1.29 is 4.79 Å². The third-order valence-electron chi connectivity index (χ3n) is 3.10. The number of aromatic nitrogens is 3. The molecule has 3 rings (SSSR count). The quantitative estimate of drug-likeness (QED) is 0.758. The number of fused-ring (bicyclic) bond motifs is 1. The van der Waals surface area contributed by atoms with E-state index in [9.17, 15) is 4.79 Å². The minimum absolute atomic E-state index is 0.256. The van der Waals surface area contributed by atoms with E-state index in [-0.39, 0.29) is 5.91 Å². The molecule has 0 aliphatic heterocycles. The fourth-order valence-corrected chi connectivity index (χ4v) is 3.54. The maximum absolute atomic E-state index is 12.4. The maximum atomic E-state index is 12.4. The Morgan fingerprint density at radius 2 is 2.09 bits per heavy atom. The van der Waals surface area contributed by atoms with E-state index in [2.05, 4.69) is 15.4 Å². The molecule has 5 nitrogen and oxygen atoms in total. The highest BCUT2D eigenvalue weighted by Gasteiger charge is 2.16. The molecule has 8 heteroatoms. The van der Waals surface area contributed by atoms with E-state index < -0.39 is 0 Å². The zero-order chi connectivity index (χ0) is 15.9. The molecular formula is C14H12Cl2N4OS. The average Bonchev–Trinajstić information content (AvgIpc) is 3.07. The van der Waals surface area contributed by atoms with E-state index in [1.54, 1.807) is 22.9 Å². The molecule has 1 amide bonds. The van der Waals surface area contributed by atoms with Crippen LogP contribution in [0.3, 0.4) is 0 Å². The Morgan fingerprint density at radius 1 is 1.36 bits per heavy atom. The number of carbonyl (C=O) groups is 1. The average molecular weight is 355 g/mol. The van der Waals surface area contributed by atoms with Crippen LogP contribution in [-0.4, -0.2) is 20.7 Å². The lowest BCUT2D eigenvalue weighted by atomic mass is 10.3. The summed E-state index contributed by atoms with van der Waals surface area (Å²) in [5, 5.41) is 8.56. The van der Waals surface area contributed by atoms with Gasteiger partial charge in [0.05, 0.1) is 20.4 Å². The Morgan fingerprint density at radius 3 is 2.77 bits per heavy atom. The molecule has 0 aliphatic rings. The molecular weight excluding hydrogens is 343 g/mol. The summed E-state index contributed by atoms with van der Waals surface area (Å²) in [5.74, 6) is -0.256. The van der Waals surface area contributed by atoms with Gasteiger partial charge in [0, 0.05) is 6.54 Å². The van der Waals surface area contributed by atoms with Crippen molar-refractivity contribution >= 4 is 55.8 Å². The first-order valence-corrected chi connectivity index (χ1v) is 8.17. The molecule has 1 N–H and O–H groups in total. The van der Waals surface area contributed by atoms with Gasteiger partial charge in [0.1, 0.15) is 11.2 Å². The van der Waals surface area contributed by atoms with E-state index in [1.807, 2.05) is 13.8 Å². The Bertz CT molecular complexity index is 832. The Balaban J connectivity index is 1.94. The van der Waals surface area contributed by atoms with Crippen LogP contribution in [0.5, 0.6) is 0 Å². The minimum Gasteiger partial charge on any atom is -0.296 e. The molecule has 0 saturated heterocycles. The van der Waals surface area contributed by atoms with Crippen molar-refractivity contribution in [2.75, 3.05) is 5.32 Å². The summed E-state index contributed by atoms with van der Waals surface area (Å²) in [7, 11) is 0. The van der Waals surface area contributed by atoms with Crippen molar-refractivity contribution in [1.82, 2.24) is 14.8 Å². The summed E-state index contributed by atoms with van der Waals surface area (Å²) in [4.78, 5) is 16.7. The number of rotatable bonds is 3. The normalized spacial score (nSPS) is 11.1. The minimum atomic E-state index is -0.256. The lowest BCUT2D eigenvalue weighted by molar-refractivity contribution is 0.101. The summed E-state index contributed by atoms with van der Waals surface area (Å²) < 4.78 is 2.41. The highest BCUT2D eigenvalue weighted by Crippen LogP contribution is 2.36. The maximum Gasteiger partial charge on any atom is 0.275 e. The van der Waals surface area contributed by atoms with Crippen LogP contribution in [-0.2, 0) is 6.54 Å². The molecule has 0 unspecified atom stereocenters. The molecule has 2 heterocycles. The van der Waals surface area contributed by atoms with E-state index in [1.165, 1.54) is 11.3 Å². The van der Waals surface area contributed by atoms with Gasteiger partial charge in [-0.1, -0.05) is 34.5 Å². The van der Waals surface area contributed by atoms with Crippen molar-refractivity contribution in [2.24, 2.45) is 0 Å². The zero-order valence-electron chi connectivity index (χ0n) is 11.9. The van der Waals surface area contributed by atoms with E-state index in [0.717, 1.165) is 10.4 Å². The topological polar surface area (TPSA) is 59.8 Å². The Kier molecular flexibility index (Phi) is 4.08. The number of carbonyl (C=O) groups excluding carboxylic acids is 1. The number of nitrogens with one attached hydrogen (secondary N) is 1. The Hall–Kier alpha value is -1.63. The largest absolute Gasteiger partial charge is 0.296 e. The van der Waals surface area contributed by atoms with Crippen LogP contribution in [0.15, 0.2) is 18.2 Å². The van der Waals surface area contributed by atoms with Crippen molar-refractivity contribution in [3.63, 3.8) is 0 Å². The summed E-state index contributed by atoms with van der Waals surface area (Å²) >= 11 is 13.5. The second-order valence-corrected chi connectivity index (χ2v) is 6.48. The number of benzene rings is 1. The van der Waals surface area contributed by atoms with Crippen molar-refractivity contribution in [3.8, 4) is 0 Å². The van der Waals surface area contributed by atoms with Gasteiger partial charge < -0.3 is 0 Å². The van der Waals surface area contributed by atoms with Crippen LogP contribution in [0, 0.1) is 6.92 Å².